The molecule has 0 radical (unpaired) electrons. The van der Waals surface area contributed by atoms with Crippen LogP contribution in [0.25, 0.3) is 10.9 Å². The van der Waals surface area contributed by atoms with E-state index in [-0.39, 0.29) is 11.8 Å². The van der Waals surface area contributed by atoms with Crippen LogP contribution in [0.5, 0.6) is 0 Å². The van der Waals surface area contributed by atoms with E-state index >= 15 is 0 Å². The smallest absolute Gasteiger partial charge is 0.225 e. The molecule has 0 bridgehead atoms. The average molecular weight is 475 g/mol. The van der Waals surface area contributed by atoms with Crippen LogP contribution in [0.4, 0.5) is 5.82 Å². The zero-order chi connectivity index (χ0) is 24.6. The number of para-hydroxylation sites is 1. The maximum atomic E-state index is 13.0. The molecule has 2 aromatic carbocycles. The van der Waals surface area contributed by atoms with Gasteiger partial charge in [-0.1, -0.05) is 49.4 Å². The Hall–Kier alpha value is -3.03. The molecule has 0 spiro atoms. The monoisotopic (exact) mass is 474 g/mol. The molecule has 1 amide bonds. The van der Waals surface area contributed by atoms with Gasteiger partial charge < -0.3 is 15.1 Å². The van der Waals surface area contributed by atoms with E-state index in [1.807, 2.05) is 42.2 Å². The van der Waals surface area contributed by atoms with Crippen molar-refractivity contribution in [2.45, 2.75) is 26.3 Å². The zero-order valence-corrected chi connectivity index (χ0v) is 21.3. The molecule has 35 heavy (non-hydrogen) atoms. The molecule has 3 aromatic rings. The first-order valence-electron chi connectivity index (χ1n) is 12.7. The predicted octanol–water partition coefficient (Wildman–Crippen LogP) is 3.52. The van der Waals surface area contributed by atoms with Crippen LogP contribution >= 0.6 is 0 Å². The van der Waals surface area contributed by atoms with Crippen LogP contribution in [0.1, 0.15) is 24.7 Å². The summed E-state index contributed by atoms with van der Waals surface area (Å²) in [5.74, 6) is 1.98. The number of anilines is 1. The average Bonchev–Trinajstić information content (AvgIpc) is 2.87. The fraction of sp³-hybridized carbons (Fsp3) is 0.464. The molecule has 1 saturated heterocycles. The summed E-state index contributed by atoms with van der Waals surface area (Å²) in [5.41, 5.74) is 2.18. The second kappa shape index (κ2) is 12.1. The molecule has 1 aromatic heterocycles. The minimum atomic E-state index is -0.00565. The van der Waals surface area contributed by atoms with Crippen LogP contribution in [0, 0.1) is 5.92 Å². The highest BCUT2D eigenvalue weighted by Crippen LogP contribution is 2.21. The van der Waals surface area contributed by atoms with E-state index in [0.717, 1.165) is 74.7 Å². The molecule has 1 atom stereocenters. The Morgan fingerprint density at radius 3 is 2.46 bits per heavy atom. The number of hydrogen-bond acceptors (Lipinski definition) is 6. The van der Waals surface area contributed by atoms with E-state index in [0.29, 0.717) is 6.54 Å². The zero-order valence-electron chi connectivity index (χ0n) is 21.3. The first kappa shape index (κ1) is 25.1. The van der Waals surface area contributed by atoms with E-state index in [9.17, 15) is 4.79 Å². The van der Waals surface area contributed by atoms with E-state index < -0.39 is 0 Å². The van der Waals surface area contributed by atoms with Crippen molar-refractivity contribution < 1.29 is 4.79 Å². The molecule has 1 unspecified atom stereocenters. The molecule has 7 heteroatoms. The molecule has 186 valence electrons. The van der Waals surface area contributed by atoms with Crippen molar-refractivity contribution in [1.29, 1.82) is 0 Å². The number of benzene rings is 2. The summed E-state index contributed by atoms with van der Waals surface area (Å²) in [6.07, 6.45) is 1.84. The number of rotatable bonds is 10. The van der Waals surface area contributed by atoms with Crippen LogP contribution in [0.15, 0.2) is 54.6 Å². The summed E-state index contributed by atoms with van der Waals surface area (Å²) >= 11 is 0. The lowest BCUT2D eigenvalue weighted by Gasteiger charge is -2.35. The standard InChI is InChI=1S/C28H38N6O/c1-22(20-23-10-5-4-6-11-23)28(35)34-18-16-33(17-19-34)21-26-30-25-13-8-7-12-24(25)27(31-26)29-14-9-15-32(2)3/h4-8,10-13,22H,9,14-21H2,1-3H3,(H,29,30,31). The lowest BCUT2D eigenvalue weighted by molar-refractivity contribution is -0.136. The van der Waals surface area contributed by atoms with E-state index in [1.54, 1.807) is 0 Å². The fourth-order valence-corrected chi connectivity index (χ4v) is 4.63. The maximum absolute atomic E-state index is 13.0. The third-order valence-corrected chi connectivity index (χ3v) is 6.58. The normalized spacial score (nSPS) is 15.5. The fourth-order valence-electron chi connectivity index (χ4n) is 4.63. The molecule has 0 saturated carbocycles. The summed E-state index contributed by atoms with van der Waals surface area (Å²) in [6, 6.07) is 18.5. The summed E-state index contributed by atoms with van der Waals surface area (Å²) in [4.78, 5) is 29.3. The predicted molar refractivity (Wildman–Crippen MR) is 142 cm³/mol. The van der Waals surface area contributed by atoms with Crippen molar-refractivity contribution in [1.82, 2.24) is 24.7 Å². The molecule has 1 fully saturated rings. The third kappa shape index (κ3) is 6.99. The van der Waals surface area contributed by atoms with Crippen molar-refractivity contribution in [3.8, 4) is 0 Å². The first-order chi connectivity index (χ1) is 17.0. The Morgan fingerprint density at radius 1 is 1.00 bits per heavy atom. The van der Waals surface area contributed by atoms with Crippen molar-refractivity contribution in [2.24, 2.45) is 5.92 Å². The van der Waals surface area contributed by atoms with Gasteiger partial charge in [0.15, 0.2) is 0 Å². The number of nitrogens with zero attached hydrogens (tertiary/aromatic N) is 5. The Balaban J connectivity index is 1.34. The largest absolute Gasteiger partial charge is 0.369 e. The number of fused-ring (bicyclic) bond motifs is 1. The molecule has 4 rings (SSSR count). The number of nitrogens with one attached hydrogen (secondary N) is 1. The van der Waals surface area contributed by atoms with E-state index in [2.05, 4.69) is 53.5 Å². The van der Waals surface area contributed by atoms with Crippen LogP contribution in [0.3, 0.4) is 0 Å². The molecule has 1 aliphatic rings. The van der Waals surface area contributed by atoms with Crippen LogP contribution in [0.2, 0.25) is 0 Å². The van der Waals surface area contributed by atoms with Gasteiger partial charge in [-0.3, -0.25) is 9.69 Å². The molecular formula is C28H38N6O. The van der Waals surface area contributed by atoms with Crippen molar-refractivity contribution in [3.05, 3.63) is 66.0 Å². The highest BCUT2D eigenvalue weighted by molar-refractivity contribution is 5.89. The first-order valence-corrected chi connectivity index (χ1v) is 12.7. The van der Waals surface area contributed by atoms with Gasteiger partial charge >= 0.3 is 0 Å². The summed E-state index contributed by atoms with van der Waals surface area (Å²) in [6.45, 7) is 7.83. The minimum absolute atomic E-state index is 0.00565. The molecule has 0 aliphatic carbocycles. The molecule has 1 aliphatic heterocycles. The van der Waals surface area contributed by atoms with Crippen LogP contribution in [-0.4, -0.2) is 83.9 Å². The summed E-state index contributed by atoms with van der Waals surface area (Å²) < 4.78 is 0. The van der Waals surface area contributed by atoms with Gasteiger partial charge in [-0.25, -0.2) is 9.97 Å². The second-order valence-electron chi connectivity index (χ2n) is 9.78. The highest BCUT2D eigenvalue weighted by Gasteiger charge is 2.25. The van der Waals surface area contributed by atoms with Crippen LogP contribution < -0.4 is 5.32 Å². The Bertz CT molecular complexity index is 1100. The van der Waals surface area contributed by atoms with Crippen molar-refractivity contribution >= 4 is 22.6 Å². The molecule has 1 N–H and O–H groups in total. The molecule has 2 heterocycles. The number of carbonyl (C=O) groups is 1. The minimum Gasteiger partial charge on any atom is -0.369 e. The van der Waals surface area contributed by atoms with E-state index in [4.69, 9.17) is 9.97 Å². The lowest BCUT2D eigenvalue weighted by atomic mass is 9.99. The number of amides is 1. The SMILES string of the molecule is CC(Cc1ccccc1)C(=O)N1CCN(Cc2nc(NCCCN(C)C)c3ccccc3n2)CC1. The van der Waals surface area contributed by atoms with Crippen molar-refractivity contribution in [2.75, 3.05) is 58.7 Å². The van der Waals surface area contributed by atoms with Gasteiger partial charge in [-0.15, -0.1) is 0 Å². The van der Waals surface area contributed by atoms with Crippen molar-refractivity contribution in [3.63, 3.8) is 0 Å². The number of carbonyl (C=O) groups excluding carboxylic acids is 1. The maximum Gasteiger partial charge on any atom is 0.225 e. The Kier molecular flexibility index (Phi) is 8.66. The van der Waals surface area contributed by atoms with Gasteiger partial charge in [0.2, 0.25) is 5.91 Å². The topological polar surface area (TPSA) is 64.6 Å². The van der Waals surface area contributed by atoms with E-state index in [1.165, 1.54) is 5.56 Å². The van der Waals surface area contributed by atoms with Crippen LogP contribution in [-0.2, 0) is 17.8 Å². The third-order valence-electron chi connectivity index (χ3n) is 6.58. The van der Waals surface area contributed by atoms with Gasteiger partial charge in [-0.05, 0) is 51.2 Å². The number of aromatic nitrogens is 2. The lowest BCUT2D eigenvalue weighted by Crippen LogP contribution is -2.50. The Morgan fingerprint density at radius 2 is 1.71 bits per heavy atom. The summed E-state index contributed by atoms with van der Waals surface area (Å²) in [7, 11) is 4.19. The summed E-state index contributed by atoms with van der Waals surface area (Å²) in [5, 5.41) is 4.59. The van der Waals surface area contributed by atoms with Gasteiger partial charge in [-0.2, -0.15) is 0 Å². The second-order valence-corrected chi connectivity index (χ2v) is 9.78. The Labute approximate surface area is 209 Å². The number of hydrogen-bond donors (Lipinski definition) is 1. The quantitative estimate of drug-likeness (QED) is 0.454. The van der Waals surface area contributed by atoms with Gasteiger partial charge in [0.05, 0.1) is 12.1 Å². The van der Waals surface area contributed by atoms with Gasteiger partial charge in [0, 0.05) is 44.0 Å². The molecule has 7 nitrogen and oxygen atoms in total. The van der Waals surface area contributed by atoms with Gasteiger partial charge in [0.25, 0.3) is 0 Å². The highest BCUT2D eigenvalue weighted by atomic mass is 16.2. The molecular weight excluding hydrogens is 436 g/mol. The number of piperazine rings is 1. The van der Waals surface area contributed by atoms with Gasteiger partial charge in [0.1, 0.15) is 11.6 Å².